The number of unbranched alkanes of at least 4 members (excludes halogenated alkanes) is 5. The Hall–Kier alpha value is 0.137. The topological polar surface area (TPSA) is 18.5 Å². The molecule has 3 heteroatoms. The standard InChI is InChI=1S/C15H34O2Si/c1-6-8-9-10-11-12-13-16-18(4,5)17-14-15(3)7-2/h15H,6-14H2,1-5H3. The van der Waals surface area contributed by atoms with Crippen molar-refractivity contribution in [1.82, 2.24) is 0 Å². The lowest BCUT2D eigenvalue weighted by molar-refractivity contribution is 0.154. The molecule has 0 aliphatic carbocycles. The molecule has 1 atom stereocenters. The molecule has 0 aromatic rings. The van der Waals surface area contributed by atoms with Crippen LogP contribution in [0.3, 0.4) is 0 Å². The largest absolute Gasteiger partial charge is 0.395 e. The second-order valence-corrected chi connectivity index (χ2v) is 9.22. The van der Waals surface area contributed by atoms with Crippen molar-refractivity contribution >= 4 is 8.56 Å². The van der Waals surface area contributed by atoms with E-state index in [4.69, 9.17) is 8.85 Å². The molecule has 110 valence electrons. The summed E-state index contributed by atoms with van der Waals surface area (Å²) in [6.45, 7) is 12.8. The van der Waals surface area contributed by atoms with Gasteiger partial charge in [0.1, 0.15) is 0 Å². The van der Waals surface area contributed by atoms with Crippen LogP contribution in [0, 0.1) is 5.92 Å². The molecule has 1 unspecified atom stereocenters. The summed E-state index contributed by atoms with van der Waals surface area (Å²) < 4.78 is 11.9. The first-order valence-corrected chi connectivity index (χ1v) is 10.6. The van der Waals surface area contributed by atoms with Gasteiger partial charge in [-0.2, -0.15) is 0 Å². The summed E-state index contributed by atoms with van der Waals surface area (Å²) in [5.74, 6) is 0.648. The van der Waals surface area contributed by atoms with Crippen LogP contribution in [0.15, 0.2) is 0 Å². The fourth-order valence-electron chi connectivity index (χ4n) is 1.70. The first-order chi connectivity index (χ1) is 8.52. The van der Waals surface area contributed by atoms with E-state index >= 15 is 0 Å². The average Bonchev–Trinajstić information content (AvgIpc) is 2.35. The minimum Gasteiger partial charge on any atom is -0.395 e. The highest BCUT2D eigenvalue weighted by Gasteiger charge is 2.24. The van der Waals surface area contributed by atoms with Gasteiger partial charge in [0, 0.05) is 13.2 Å². The van der Waals surface area contributed by atoms with Gasteiger partial charge in [-0.25, -0.2) is 0 Å². The van der Waals surface area contributed by atoms with Crippen LogP contribution in [-0.2, 0) is 8.85 Å². The van der Waals surface area contributed by atoms with Gasteiger partial charge in [-0.05, 0) is 25.4 Å². The van der Waals surface area contributed by atoms with E-state index in [1.165, 1.54) is 44.9 Å². The van der Waals surface area contributed by atoms with E-state index in [9.17, 15) is 0 Å². The number of hydrogen-bond donors (Lipinski definition) is 0. The van der Waals surface area contributed by atoms with Crippen molar-refractivity contribution in [3.63, 3.8) is 0 Å². The molecule has 0 amide bonds. The Bertz CT molecular complexity index is 183. The van der Waals surface area contributed by atoms with Gasteiger partial charge in [-0.15, -0.1) is 0 Å². The number of rotatable bonds is 12. The maximum absolute atomic E-state index is 5.95. The Morgan fingerprint density at radius 3 is 2.11 bits per heavy atom. The lowest BCUT2D eigenvalue weighted by Gasteiger charge is -2.24. The lowest BCUT2D eigenvalue weighted by Crippen LogP contribution is -2.36. The van der Waals surface area contributed by atoms with E-state index in [1.807, 2.05) is 0 Å². The fourth-order valence-corrected chi connectivity index (χ4v) is 3.11. The van der Waals surface area contributed by atoms with Gasteiger partial charge in [0.2, 0.25) is 0 Å². The smallest absolute Gasteiger partial charge is 0.331 e. The molecule has 0 heterocycles. The zero-order valence-corrected chi connectivity index (χ0v) is 14.3. The molecule has 0 bridgehead atoms. The molecule has 0 aliphatic heterocycles. The fraction of sp³-hybridized carbons (Fsp3) is 1.00. The first kappa shape index (κ1) is 18.1. The minimum atomic E-state index is -1.86. The normalized spacial score (nSPS) is 13.8. The highest BCUT2D eigenvalue weighted by molar-refractivity contribution is 6.64. The van der Waals surface area contributed by atoms with E-state index < -0.39 is 8.56 Å². The van der Waals surface area contributed by atoms with Crippen LogP contribution in [-0.4, -0.2) is 21.8 Å². The Morgan fingerprint density at radius 2 is 1.50 bits per heavy atom. The van der Waals surface area contributed by atoms with E-state index in [1.54, 1.807) is 0 Å². The van der Waals surface area contributed by atoms with Gasteiger partial charge in [0.05, 0.1) is 0 Å². The van der Waals surface area contributed by atoms with E-state index in [0.29, 0.717) is 5.92 Å². The van der Waals surface area contributed by atoms with Crippen molar-refractivity contribution in [2.75, 3.05) is 13.2 Å². The summed E-state index contributed by atoms with van der Waals surface area (Å²) in [6.07, 6.45) is 9.10. The third-order valence-electron chi connectivity index (χ3n) is 3.36. The van der Waals surface area contributed by atoms with Crippen molar-refractivity contribution in [3.05, 3.63) is 0 Å². The quantitative estimate of drug-likeness (QED) is 0.363. The number of hydrogen-bond acceptors (Lipinski definition) is 2. The maximum atomic E-state index is 5.95. The predicted octanol–water partition coefficient (Wildman–Crippen LogP) is 5.13. The van der Waals surface area contributed by atoms with Gasteiger partial charge >= 0.3 is 8.56 Å². The summed E-state index contributed by atoms with van der Waals surface area (Å²) in [5.41, 5.74) is 0. The summed E-state index contributed by atoms with van der Waals surface area (Å²) >= 11 is 0. The Kier molecular flexibility index (Phi) is 11.1. The van der Waals surface area contributed by atoms with Gasteiger partial charge in [-0.1, -0.05) is 59.3 Å². The summed E-state index contributed by atoms with van der Waals surface area (Å²) in [4.78, 5) is 0. The SMILES string of the molecule is CCCCCCCCO[Si](C)(C)OCC(C)CC. The van der Waals surface area contributed by atoms with Crippen molar-refractivity contribution in [1.29, 1.82) is 0 Å². The Labute approximate surface area is 116 Å². The van der Waals surface area contributed by atoms with Crippen LogP contribution in [0.2, 0.25) is 13.1 Å². The molecule has 0 fully saturated rings. The van der Waals surface area contributed by atoms with Gasteiger partial charge < -0.3 is 8.85 Å². The van der Waals surface area contributed by atoms with Crippen LogP contribution >= 0.6 is 0 Å². The van der Waals surface area contributed by atoms with Crippen molar-refractivity contribution < 1.29 is 8.85 Å². The van der Waals surface area contributed by atoms with Gasteiger partial charge in [0.15, 0.2) is 0 Å². The Balaban J connectivity index is 3.46. The zero-order valence-electron chi connectivity index (χ0n) is 13.3. The molecule has 0 radical (unpaired) electrons. The van der Waals surface area contributed by atoms with E-state index in [-0.39, 0.29) is 0 Å². The van der Waals surface area contributed by atoms with Crippen LogP contribution in [0.25, 0.3) is 0 Å². The second-order valence-electron chi connectivity index (χ2n) is 5.84. The molecule has 0 N–H and O–H groups in total. The molecule has 0 aromatic carbocycles. The first-order valence-electron chi connectivity index (χ1n) is 7.79. The van der Waals surface area contributed by atoms with Crippen molar-refractivity contribution in [3.8, 4) is 0 Å². The van der Waals surface area contributed by atoms with Gasteiger partial charge in [0.25, 0.3) is 0 Å². The molecule has 0 spiro atoms. The van der Waals surface area contributed by atoms with Crippen LogP contribution in [0.1, 0.15) is 65.7 Å². The molecule has 2 nitrogen and oxygen atoms in total. The lowest BCUT2D eigenvalue weighted by atomic mass is 10.1. The maximum Gasteiger partial charge on any atom is 0.331 e. The molecular weight excluding hydrogens is 240 g/mol. The van der Waals surface area contributed by atoms with Crippen molar-refractivity contribution in [2.24, 2.45) is 5.92 Å². The van der Waals surface area contributed by atoms with E-state index in [0.717, 1.165) is 13.2 Å². The molecular formula is C15H34O2Si. The van der Waals surface area contributed by atoms with Crippen LogP contribution in [0.4, 0.5) is 0 Å². The average molecular weight is 275 g/mol. The summed E-state index contributed by atoms with van der Waals surface area (Å²) in [5, 5.41) is 0. The summed E-state index contributed by atoms with van der Waals surface area (Å²) in [6, 6.07) is 0. The van der Waals surface area contributed by atoms with Crippen LogP contribution in [0.5, 0.6) is 0 Å². The van der Waals surface area contributed by atoms with Gasteiger partial charge in [-0.3, -0.25) is 0 Å². The molecule has 0 saturated heterocycles. The molecule has 0 aromatic heterocycles. The zero-order chi connectivity index (χ0) is 13.9. The van der Waals surface area contributed by atoms with Crippen molar-refractivity contribution in [2.45, 2.75) is 78.8 Å². The second kappa shape index (κ2) is 11.0. The predicted molar refractivity (Wildman–Crippen MR) is 82.2 cm³/mol. The third-order valence-corrected chi connectivity index (χ3v) is 5.12. The molecule has 0 aliphatic rings. The highest BCUT2D eigenvalue weighted by atomic mass is 28.4. The van der Waals surface area contributed by atoms with E-state index in [2.05, 4.69) is 33.9 Å². The molecule has 0 saturated carbocycles. The highest BCUT2D eigenvalue weighted by Crippen LogP contribution is 2.12. The van der Waals surface area contributed by atoms with Crippen LogP contribution < -0.4 is 0 Å². The Morgan fingerprint density at radius 1 is 0.889 bits per heavy atom. The monoisotopic (exact) mass is 274 g/mol. The third kappa shape index (κ3) is 11.2. The summed E-state index contributed by atoms with van der Waals surface area (Å²) in [7, 11) is -1.86. The molecule has 0 rings (SSSR count). The minimum absolute atomic E-state index is 0.648. The molecule has 18 heavy (non-hydrogen) atoms.